The molecule has 1 rings (SSSR count). The van der Waals surface area contributed by atoms with Gasteiger partial charge in [-0.3, -0.25) is 0 Å². The average molecular weight is 291 g/mol. The fourth-order valence-electron chi connectivity index (χ4n) is 1.88. The molecule has 5 heteroatoms. The number of alkyl halides is 1. The first-order valence-electron chi connectivity index (χ1n) is 6.38. The number of likely N-dealkylation sites (N-methyl/N-ethyl adjacent to an activating group) is 1. The first kappa shape index (κ1) is 15.9. The highest BCUT2D eigenvalue weighted by molar-refractivity contribution is 7.09. The van der Waals surface area contributed by atoms with E-state index in [4.69, 9.17) is 11.6 Å². The zero-order valence-electron chi connectivity index (χ0n) is 11.4. The van der Waals surface area contributed by atoms with Gasteiger partial charge in [0.1, 0.15) is 0 Å². The highest BCUT2D eigenvalue weighted by atomic mass is 35.5. The highest BCUT2D eigenvalue weighted by Gasteiger charge is 2.16. The van der Waals surface area contributed by atoms with Crippen molar-refractivity contribution in [2.24, 2.45) is 0 Å². The molecule has 0 radical (unpaired) electrons. The maximum atomic E-state index is 9.80. The smallest absolute Gasteiger partial charge is 0.0929 e. The molecule has 0 atom stereocenters. The van der Waals surface area contributed by atoms with E-state index in [9.17, 15) is 5.11 Å². The van der Waals surface area contributed by atoms with Gasteiger partial charge in [-0.25, -0.2) is 4.98 Å². The standard InChI is InChI=1S/C13H23ClN2OS/c1-4-16(10-13(2,3)17)7-5-6-12-15-11(8-14)9-18-12/h9,17H,4-8,10H2,1-3H3. The fourth-order valence-corrected chi connectivity index (χ4v) is 2.94. The summed E-state index contributed by atoms with van der Waals surface area (Å²) in [5, 5.41) is 13.0. The number of halogens is 1. The lowest BCUT2D eigenvalue weighted by Gasteiger charge is -2.27. The van der Waals surface area contributed by atoms with Crippen molar-refractivity contribution >= 4 is 22.9 Å². The number of aromatic nitrogens is 1. The number of nitrogens with zero attached hydrogens (tertiary/aromatic N) is 2. The second-order valence-electron chi connectivity index (χ2n) is 5.15. The van der Waals surface area contributed by atoms with Gasteiger partial charge in [-0.05, 0) is 33.4 Å². The summed E-state index contributed by atoms with van der Waals surface area (Å²) in [5.74, 6) is 0.496. The Morgan fingerprint density at radius 1 is 1.50 bits per heavy atom. The largest absolute Gasteiger partial charge is 0.389 e. The van der Waals surface area contributed by atoms with Gasteiger partial charge >= 0.3 is 0 Å². The van der Waals surface area contributed by atoms with Gasteiger partial charge in [0.25, 0.3) is 0 Å². The molecule has 0 aromatic carbocycles. The number of rotatable bonds is 8. The molecule has 0 fully saturated rings. The Morgan fingerprint density at radius 2 is 2.22 bits per heavy atom. The maximum absolute atomic E-state index is 9.80. The van der Waals surface area contributed by atoms with Crippen molar-refractivity contribution in [1.82, 2.24) is 9.88 Å². The molecule has 0 bridgehead atoms. The summed E-state index contributed by atoms with van der Waals surface area (Å²) in [5.41, 5.74) is 0.351. The van der Waals surface area contributed by atoms with Crippen molar-refractivity contribution in [3.63, 3.8) is 0 Å². The van der Waals surface area contributed by atoms with E-state index in [1.807, 2.05) is 19.2 Å². The Balaban J connectivity index is 2.31. The second-order valence-corrected chi connectivity index (χ2v) is 6.36. The quantitative estimate of drug-likeness (QED) is 0.748. The summed E-state index contributed by atoms with van der Waals surface area (Å²) in [6.45, 7) is 8.51. The van der Waals surface area contributed by atoms with Crippen molar-refractivity contribution in [2.75, 3.05) is 19.6 Å². The molecule has 3 nitrogen and oxygen atoms in total. The van der Waals surface area contributed by atoms with Crippen LogP contribution in [0.2, 0.25) is 0 Å². The Kier molecular flexibility index (Phi) is 6.57. The van der Waals surface area contributed by atoms with Crippen molar-refractivity contribution in [2.45, 2.75) is 45.1 Å². The van der Waals surface area contributed by atoms with Crippen LogP contribution in [-0.2, 0) is 12.3 Å². The molecule has 104 valence electrons. The fraction of sp³-hybridized carbons (Fsp3) is 0.769. The summed E-state index contributed by atoms with van der Waals surface area (Å²) >= 11 is 7.41. The molecule has 1 aromatic heterocycles. The van der Waals surface area contributed by atoms with Crippen LogP contribution >= 0.6 is 22.9 Å². The van der Waals surface area contributed by atoms with Crippen LogP contribution in [0, 0.1) is 0 Å². The molecule has 18 heavy (non-hydrogen) atoms. The molecule has 1 aromatic rings. The van der Waals surface area contributed by atoms with Gasteiger partial charge in [-0.15, -0.1) is 22.9 Å². The monoisotopic (exact) mass is 290 g/mol. The van der Waals surface area contributed by atoms with Crippen LogP contribution < -0.4 is 0 Å². The molecule has 0 spiro atoms. The third-order valence-electron chi connectivity index (χ3n) is 2.66. The minimum Gasteiger partial charge on any atom is -0.389 e. The minimum atomic E-state index is -0.622. The van der Waals surface area contributed by atoms with E-state index >= 15 is 0 Å². The zero-order chi connectivity index (χ0) is 13.6. The number of aliphatic hydroxyl groups is 1. The average Bonchev–Trinajstić information content (AvgIpc) is 2.74. The molecule has 0 aliphatic rings. The molecule has 0 aliphatic carbocycles. The molecular formula is C13H23ClN2OS. The van der Waals surface area contributed by atoms with Crippen LogP contribution in [0.5, 0.6) is 0 Å². The number of thiazole rings is 1. The summed E-state index contributed by atoms with van der Waals surface area (Å²) < 4.78 is 0. The zero-order valence-corrected chi connectivity index (χ0v) is 13.0. The van der Waals surface area contributed by atoms with Gasteiger partial charge < -0.3 is 10.0 Å². The summed E-state index contributed by atoms with van der Waals surface area (Å²) in [7, 11) is 0. The van der Waals surface area contributed by atoms with Gasteiger partial charge in [0.2, 0.25) is 0 Å². The normalized spacial score (nSPS) is 12.3. The SMILES string of the molecule is CCN(CCCc1nc(CCl)cs1)CC(C)(C)O. The Hall–Kier alpha value is -0.160. The van der Waals surface area contributed by atoms with E-state index in [0.29, 0.717) is 12.4 Å². The topological polar surface area (TPSA) is 36.4 Å². The van der Waals surface area contributed by atoms with Crippen LogP contribution in [0.1, 0.15) is 37.9 Å². The van der Waals surface area contributed by atoms with Gasteiger partial charge in [-0.1, -0.05) is 6.92 Å². The Morgan fingerprint density at radius 3 is 2.72 bits per heavy atom. The lowest BCUT2D eigenvalue weighted by molar-refractivity contribution is 0.0376. The van der Waals surface area contributed by atoms with Gasteiger partial charge in [0, 0.05) is 18.3 Å². The summed E-state index contributed by atoms with van der Waals surface area (Å²) in [6.07, 6.45) is 2.06. The van der Waals surface area contributed by atoms with Crippen LogP contribution in [0.15, 0.2) is 5.38 Å². The second kappa shape index (κ2) is 7.43. The third-order valence-corrected chi connectivity index (χ3v) is 3.89. The third kappa shape index (κ3) is 6.14. The molecule has 0 amide bonds. The Labute approximate surface area is 119 Å². The number of hydrogen-bond donors (Lipinski definition) is 1. The first-order chi connectivity index (χ1) is 8.44. The molecule has 1 heterocycles. The molecule has 0 unspecified atom stereocenters. The van der Waals surface area contributed by atoms with Crippen LogP contribution in [0.25, 0.3) is 0 Å². The van der Waals surface area contributed by atoms with Crippen molar-refractivity contribution in [3.05, 3.63) is 16.1 Å². The minimum absolute atomic E-state index is 0.496. The van der Waals surface area contributed by atoms with Gasteiger partial charge in [0.15, 0.2) is 0 Å². The Bertz CT molecular complexity index is 349. The van der Waals surface area contributed by atoms with E-state index in [0.717, 1.165) is 36.6 Å². The number of aryl methyl sites for hydroxylation is 1. The molecule has 1 N–H and O–H groups in total. The van der Waals surface area contributed by atoms with Crippen molar-refractivity contribution in [3.8, 4) is 0 Å². The molecular weight excluding hydrogens is 268 g/mol. The summed E-state index contributed by atoms with van der Waals surface area (Å²) in [6, 6.07) is 0. The van der Waals surface area contributed by atoms with E-state index in [-0.39, 0.29) is 0 Å². The summed E-state index contributed by atoms with van der Waals surface area (Å²) in [4.78, 5) is 6.72. The van der Waals surface area contributed by atoms with Crippen LogP contribution in [0.4, 0.5) is 0 Å². The van der Waals surface area contributed by atoms with Crippen LogP contribution in [0.3, 0.4) is 0 Å². The lowest BCUT2D eigenvalue weighted by atomic mass is 10.1. The molecule has 0 saturated heterocycles. The lowest BCUT2D eigenvalue weighted by Crippen LogP contribution is -2.39. The van der Waals surface area contributed by atoms with E-state index in [1.165, 1.54) is 0 Å². The van der Waals surface area contributed by atoms with Crippen molar-refractivity contribution in [1.29, 1.82) is 0 Å². The van der Waals surface area contributed by atoms with Crippen LogP contribution in [-0.4, -0.2) is 40.2 Å². The van der Waals surface area contributed by atoms with E-state index in [2.05, 4.69) is 16.8 Å². The highest BCUT2D eigenvalue weighted by Crippen LogP contribution is 2.14. The first-order valence-corrected chi connectivity index (χ1v) is 7.80. The molecule has 0 saturated carbocycles. The van der Waals surface area contributed by atoms with Gasteiger partial charge in [-0.2, -0.15) is 0 Å². The van der Waals surface area contributed by atoms with Gasteiger partial charge in [0.05, 0.1) is 22.2 Å². The predicted octanol–water partition coefficient (Wildman–Crippen LogP) is 2.91. The van der Waals surface area contributed by atoms with Crippen molar-refractivity contribution < 1.29 is 5.11 Å². The predicted molar refractivity (Wildman–Crippen MR) is 78.4 cm³/mol. The van der Waals surface area contributed by atoms with E-state index < -0.39 is 5.60 Å². The number of hydrogen-bond acceptors (Lipinski definition) is 4. The maximum Gasteiger partial charge on any atom is 0.0929 e. The molecule has 0 aliphatic heterocycles. The van der Waals surface area contributed by atoms with E-state index in [1.54, 1.807) is 11.3 Å².